The van der Waals surface area contributed by atoms with Crippen molar-refractivity contribution in [1.82, 2.24) is 5.12 Å². The van der Waals surface area contributed by atoms with Crippen LogP contribution in [0.3, 0.4) is 0 Å². The molecule has 0 radical (unpaired) electrons. The second-order valence-electron chi connectivity index (χ2n) is 3.74. The van der Waals surface area contributed by atoms with Crippen molar-refractivity contribution < 1.29 is 4.48 Å². The fraction of sp³-hybridized carbons (Fsp3) is 1.00. The van der Waals surface area contributed by atoms with E-state index in [1.165, 1.54) is 26.3 Å². The first-order valence-corrected chi connectivity index (χ1v) is 4.98. The number of rotatable bonds is 6. The first-order chi connectivity index (χ1) is 5.59. The molecule has 0 fully saturated rings. The SMILES string of the molecule is CCCCCC(C)C(C)N(C)F. The monoisotopic (exact) mass is 175 g/mol. The lowest BCUT2D eigenvalue weighted by atomic mass is 9.96. The van der Waals surface area contributed by atoms with Crippen LogP contribution in [0.2, 0.25) is 0 Å². The Bertz CT molecular complexity index is 104. The minimum Gasteiger partial charge on any atom is -0.146 e. The summed E-state index contributed by atoms with van der Waals surface area (Å²) in [6, 6.07) is 0.0573. The lowest BCUT2D eigenvalue weighted by Crippen LogP contribution is -2.27. The van der Waals surface area contributed by atoms with Gasteiger partial charge in [-0.2, -0.15) is 0 Å². The van der Waals surface area contributed by atoms with Gasteiger partial charge in [-0.05, 0) is 19.3 Å². The standard InChI is InChI=1S/C10H22FN/c1-5-6-7-8-9(2)10(3)12(4)11/h9-10H,5-8H2,1-4H3. The summed E-state index contributed by atoms with van der Waals surface area (Å²) in [6.07, 6.45) is 4.89. The maximum atomic E-state index is 12.7. The number of halogens is 1. The molecular formula is C10H22FN. The second-order valence-corrected chi connectivity index (χ2v) is 3.74. The molecule has 0 saturated carbocycles. The molecule has 0 aromatic carbocycles. The third-order valence-corrected chi connectivity index (χ3v) is 2.65. The van der Waals surface area contributed by atoms with Crippen molar-refractivity contribution in [2.75, 3.05) is 7.05 Å². The highest BCUT2D eigenvalue weighted by Gasteiger charge is 2.15. The van der Waals surface area contributed by atoms with Crippen molar-refractivity contribution in [2.24, 2.45) is 5.92 Å². The molecule has 0 aromatic heterocycles. The van der Waals surface area contributed by atoms with Gasteiger partial charge in [0.05, 0.1) is 0 Å². The Kier molecular flexibility index (Phi) is 6.35. The zero-order valence-corrected chi connectivity index (χ0v) is 8.81. The molecule has 0 N–H and O–H groups in total. The molecular weight excluding hydrogens is 153 g/mol. The van der Waals surface area contributed by atoms with Crippen LogP contribution in [0.1, 0.15) is 46.5 Å². The number of unbranched alkanes of at least 4 members (excludes halogenated alkanes) is 2. The van der Waals surface area contributed by atoms with Gasteiger partial charge in [-0.15, -0.1) is 9.60 Å². The molecule has 0 saturated heterocycles. The molecule has 0 aliphatic rings. The highest BCUT2D eigenvalue weighted by Crippen LogP contribution is 2.16. The van der Waals surface area contributed by atoms with E-state index in [4.69, 9.17) is 0 Å². The van der Waals surface area contributed by atoms with E-state index < -0.39 is 0 Å². The van der Waals surface area contributed by atoms with E-state index in [-0.39, 0.29) is 6.04 Å². The molecule has 0 aliphatic carbocycles. The van der Waals surface area contributed by atoms with Crippen LogP contribution in [-0.2, 0) is 0 Å². The molecule has 12 heavy (non-hydrogen) atoms. The molecule has 2 atom stereocenters. The van der Waals surface area contributed by atoms with E-state index in [9.17, 15) is 4.48 Å². The van der Waals surface area contributed by atoms with Gasteiger partial charge in [0.25, 0.3) is 0 Å². The minimum atomic E-state index is 0.0573. The first kappa shape index (κ1) is 11.9. The van der Waals surface area contributed by atoms with Gasteiger partial charge in [0, 0.05) is 13.1 Å². The average Bonchev–Trinajstić information content (AvgIpc) is 2.03. The fourth-order valence-electron chi connectivity index (χ4n) is 1.31. The first-order valence-electron chi connectivity index (χ1n) is 4.98. The highest BCUT2D eigenvalue weighted by molar-refractivity contribution is 4.65. The van der Waals surface area contributed by atoms with E-state index in [0.717, 1.165) is 11.5 Å². The van der Waals surface area contributed by atoms with Crippen LogP contribution in [0.5, 0.6) is 0 Å². The maximum absolute atomic E-state index is 12.7. The summed E-state index contributed by atoms with van der Waals surface area (Å²) in [7, 11) is 1.50. The molecule has 0 aliphatic heterocycles. The van der Waals surface area contributed by atoms with Gasteiger partial charge in [-0.25, -0.2) is 0 Å². The molecule has 0 aromatic rings. The zero-order chi connectivity index (χ0) is 9.56. The molecule has 0 bridgehead atoms. The summed E-state index contributed by atoms with van der Waals surface area (Å²) < 4.78 is 12.7. The van der Waals surface area contributed by atoms with Crippen molar-refractivity contribution in [2.45, 2.75) is 52.5 Å². The van der Waals surface area contributed by atoms with Crippen LogP contribution in [-0.4, -0.2) is 18.2 Å². The van der Waals surface area contributed by atoms with E-state index >= 15 is 0 Å². The van der Waals surface area contributed by atoms with Gasteiger partial charge in [0.2, 0.25) is 0 Å². The Labute approximate surface area is 75.9 Å². The Morgan fingerprint density at radius 1 is 1.25 bits per heavy atom. The van der Waals surface area contributed by atoms with Crippen molar-refractivity contribution in [3.05, 3.63) is 0 Å². The predicted octanol–water partition coefficient (Wildman–Crippen LogP) is 3.41. The summed E-state index contributed by atoms with van der Waals surface area (Å²) in [5, 5.41) is 0.816. The topological polar surface area (TPSA) is 3.24 Å². The Hall–Kier alpha value is -0.110. The Balaban J connectivity index is 3.49. The zero-order valence-electron chi connectivity index (χ0n) is 8.81. The third-order valence-electron chi connectivity index (χ3n) is 2.65. The van der Waals surface area contributed by atoms with Gasteiger partial charge < -0.3 is 0 Å². The molecule has 0 rings (SSSR count). The van der Waals surface area contributed by atoms with Crippen molar-refractivity contribution in [3.63, 3.8) is 0 Å². The maximum Gasteiger partial charge on any atom is 0.0396 e. The molecule has 0 spiro atoms. The van der Waals surface area contributed by atoms with Crippen molar-refractivity contribution in [3.8, 4) is 0 Å². The molecule has 2 unspecified atom stereocenters. The van der Waals surface area contributed by atoms with E-state index in [1.807, 2.05) is 6.92 Å². The molecule has 74 valence electrons. The summed E-state index contributed by atoms with van der Waals surface area (Å²) in [6.45, 7) is 6.25. The Morgan fingerprint density at radius 3 is 2.25 bits per heavy atom. The largest absolute Gasteiger partial charge is 0.146 e. The summed E-state index contributed by atoms with van der Waals surface area (Å²) in [4.78, 5) is 0. The van der Waals surface area contributed by atoms with Crippen LogP contribution < -0.4 is 0 Å². The fourth-order valence-corrected chi connectivity index (χ4v) is 1.31. The number of hydrogen-bond acceptors (Lipinski definition) is 1. The van der Waals surface area contributed by atoms with E-state index in [0.29, 0.717) is 5.92 Å². The van der Waals surface area contributed by atoms with Crippen LogP contribution in [0.15, 0.2) is 0 Å². The highest BCUT2D eigenvalue weighted by atomic mass is 19.2. The van der Waals surface area contributed by atoms with Gasteiger partial charge in [0.1, 0.15) is 0 Å². The van der Waals surface area contributed by atoms with Crippen LogP contribution in [0.25, 0.3) is 0 Å². The number of hydrogen-bond donors (Lipinski definition) is 0. The predicted molar refractivity (Wildman–Crippen MR) is 51.6 cm³/mol. The molecule has 2 heteroatoms. The summed E-state index contributed by atoms with van der Waals surface area (Å²) >= 11 is 0. The van der Waals surface area contributed by atoms with E-state index in [1.54, 1.807) is 0 Å². The van der Waals surface area contributed by atoms with Crippen LogP contribution >= 0.6 is 0 Å². The van der Waals surface area contributed by atoms with Crippen molar-refractivity contribution in [1.29, 1.82) is 0 Å². The lowest BCUT2D eigenvalue weighted by Gasteiger charge is -2.22. The molecule has 0 amide bonds. The van der Waals surface area contributed by atoms with Gasteiger partial charge >= 0.3 is 0 Å². The smallest absolute Gasteiger partial charge is 0.0396 e. The number of nitrogens with zero attached hydrogens (tertiary/aromatic N) is 1. The normalized spacial score (nSPS) is 16.5. The van der Waals surface area contributed by atoms with Gasteiger partial charge in [-0.1, -0.05) is 33.1 Å². The average molecular weight is 175 g/mol. The van der Waals surface area contributed by atoms with E-state index in [2.05, 4.69) is 13.8 Å². The van der Waals surface area contributed by atoms with Crippen LogP contribution in [0, 0.1) is 5.92 Å². The lowest BCUT2D eigenvalue weighted by molar-refractivity contribution is -0.00763. The van der Waals surface area contributed by atoms with Crippen molar-refractivity contribution >= 4 is 0 Å². The van der Waals surface area contributed by atoms with Crippen LogP contribution in [0.4, 0.5) is 4.48 Å². The summed E-state index contributed by atoms with van der Waals surface area (Å²) in [5.74, 6) is 0.464. The summed E-state index contributed by atoms with van der Waals surface area (Å²) in [5.41, 5.74) is 0. The van der Waals surface area contributed by atoms with Gasteiger partial charge in [-0.3, -0.25) is 0 Å². The second kappa shape index (κ2) is 6.41. The third kappa shape index (κ3) is 4.70. The molecule has 1 nitrogen and oxygen atoms in total. The minimum absolute atomic E-state index is 0.0573. The quantitative estimate of drug-likeness (QED) is 0.441. The van der Waals surface area contributed by atoms with Gasteiger partial charge in [0.15, 0.2) is 0 Å². The molecule has 0 heterocycles. The Morgan fingerprint density at radius 2 is 1.83 bits per heavy atom.